The van der Waals surface area contributed by atoms with Gasteiger partial charge in [0.15, 0.2) is 0 Å². The summed E-state index contributed by atoms with van der Waals surface area (Å²) in [5.41, 5.74) is 0.494. The third kappa shape index (κ3) is 7.58. The maximum absolute atomic E-state index is 13.3. The van der Waals surface area contributed by atoms with E-state index >= 15 is 0 Å². The molecule has 1 heterocycles. The number of rotatable bonds is 5. The van der Waals surface area contributed by atoms with E-state index in [0.29, 0.717) is 18.8 Å². The van der Waals surface area contributed by atoms with Crippen molar-refractivity contribution < 1.29 is 27.5 Å². The number of sulfonamides is 1. The van der Waals surface area contributed by atoms with Gasteiger partial charge in [-0.05, 0) is 39.2 Å². The van der Waals surface area contributed by atoms with Gasteiger partial charge in [-0.15, -0.1) is 0 Å². The van der Waals surface area contributed by atoms with E-state index in [0.717, 1.165) is 6.26 Å². The highest BCUT2D eigenvalue weighted by atomic mass is 32.2. The number of ether oxygens (including phenoxy) is 2. The SMILES string of the molecule is CO[C@H]1CN(C)C(=O)c2cc(NS(C)(=O)=O)ccc2OC[C@H](C)N(C(=O)CN(C)C)C[C@H]1C. The van der Waals surface area contributed by atoms with Crippen LogP contribution in [0.25, 0.3) is 0 Å². The highest BCUT2D eigenvalue weighted by molar-refractivity contribution is 7.92. The molecule has 186 valence electrons. The van der Waals surface area contributed by atoms with Crippen molar-refractivity contribution in [3.63, 3.8) is 0 Å². The predicted molar refractivity (Wildman–Crippen MR) is 127 cm³/mol. The minimum Gasteiger partial charge on any atom is -0.491 e. The number of carbonyl (C=O) groups is 2. The van der Waals surface area contributed by atoms with E-state index in [1.165, 1.54) is 11.0 Å². The summed E-state index contributed by atoms with van der Waals surface area (Å²) in [6.45, 7) is 5.09. The highest BCUT2D eigenvalue weighted by Crippen LogP contribution is 2.27. The highest BCUT2D eigenvalue weighted by Gasteiger charge is 2.30. The molecule has 3 atom stereocenters. The molecule has 1 N–H and O–H groups in total. The van der Waals surface area contributed by atoms with E-state index in [-0.39, 0.29) is 54.3 Å². The Kier molecular flexibility index (Phi) is 9.10. The lowest BCUT2D eigenvalue weighted by atomic mass is 10.0. The quantitative estimate of drug-likeness (QED) is 0.663. The van der Waals surface area contributed by atoms with Crippen LogP contribution >= 0.6 is 0 Å². The Morgan fingerprint density at radius 1 is 1.27 bits per heavy atom. The molecule has 0 aliphatic carbocycles. The van der Waals surface area contributed by atoms with E-state index < -0.39 is 10.0 Å². The standard InChI is InChI=1S/C22H36N4O6S/c1-15-11-26(21(27)13-24(3)4)16(2)14-32-19-9-8-17(23-33(7,29)30)10-18(19)22(28)25(5)12-20(15)31-6/h8-10,15-16,20,23H,11-14H2,1-7H3/t15-,16+,20+/m1/s1. The van der Waals surface area contributed by atoms with Crippen LogP contribution in [0.3, 0.4) is 0 Å². The summed E-state index contributed by atoms with van der Waals surface area (Å²) in [6, 6.07) is 4.31. The molecule has 0 saturated heterocycles. The van der Waals surface area contributed by atoms with Crippen molar-refractivity contribution >= 4 is 27.5 Å². The van der Waals surface area contributed by atoms with Gasteiger partial charge >= 0.3 is 0 Å². The smallest absolute Gasteiger partial charge is 0.257 e. The van der Waals surface area contributed by atoms with Crippen molar-refractivity contribution in [2.45, 2.75) is 26.0 Å². The Hall–Kier alpha value is -2.37. The summed E-state index contributed by atoms with van der Waals surface area (Å²) in [5, 5.41) is 0. The minimum absolute atomic E-state index is 0.0211. The number of nitrogens with one attached hydrogen (secondary N) is 1. The number of nitrogens with zero attached hydrogens (tertiary/aromatic N) is 3. The fraction of sp³-hybridized carbons (Fsp3) is 0.636. The molecule has 0 saturated carbocycles. The largest absolute Gasteiger partial charge is 0.491 e. The van der Waals surface area contributed by atoms with E-state index in [1.807, 2.05) is 32.8 Å². The number of amides is 2. The summed E-state index contributed by atoms with van der Waals surface area (Å²) >= 11 is 0. The molecule has 1 aliphatic rings. The van der Waals surface area contributed by atoms with Crippen LogP contribution in [-0.4, -0.2) is 108 Å². The molecule has 0 unspecified atom stereocenters. The Labute approximate surface area is 196 Å². The minimum atomic E-state index is -3.51. The number of hydrogen-bond donors (Lipinski definition) is 1. The van der Waals surface area contributed by atoms with Crippen LogP contribution in [0.1, 0.15) is 24.2 Å². The van der Waals surface area contributed by atoms with Gasteiger partial charge in [-0.3, -0.25) is 14.3 Å². The monoisotopic (exact) mass is 484 g/mol. The van der Waals surface area contributed by atoms with Gasteiger partial charge in [-0.25, -0.2) is 8.42 Å². The van der Waals surface area contributed by atoms with Crippen molar-refractivity contribution in [1.82, 2.24) is 14.7 Å². The van der Waals surface area contributed by atoms with Gasteiger partial charge in [-0.2, -0.15) is 0 Å². The first-order valence-electron chi connectivity index (χ1n) is 10.8. The van der Waals surface area contributed by atoms with Crippen LogP contribution in [0.5, 0.6) is 5.75 Å². The van der Waals surface area contributed by atoms with Crippen LogP contribution in [0.2, 0.25) is 0 Å². The molecular formula is C22H36N4O6S. The Bertz CT molecular complexity index is 952. The molecule has 0 fully saturated rings. The number of hydrogen-bond acceptors (Lipinski definition) is 7. The lowest BCUT2D eigenvalue weighted by molar-refractivity contribution is -0.136. The van der Waals surface area contributed by atoms with Gasteiger partial charge in [-0.1, -0.05) is 6.92 Å². The zero-order valence-corrected chi connectivity index (χ0v) is 21.3. The molecule has 1 aromatic rings. The van der Waals surface area contributed by atoms with E-state index in [2.05, 4.69) is 4.72 Å². The second-order valence-corrected chi connectivity index (χ2v) is 10.7. The van der Waals surface area contributed by atoms with Crippen LogP contribution in [0, 0.1) is 5.92 Å². The summed E-state index contributed by atoms with van der Waals surface area (Å²) in [5.74, 6) is -0.0614. The second kappa shape index (κ2) is 11.2. The predicted octanol–water partition coefficient (Wildman–Crippen LogP) is 0.952. The van der Waals surface area contributed by atoms with Gasteiger partial charge < -0.3 is 24.2 Å². The van der Waals surface area contributed by atoms with Gasteiger partial charge in [0.2, 0.25) is 15.9 Å². The maximum Gasteiger partial charge on any atom is 0.257 e. The van der Waals surface area contributed by atoms with Gasteiger partial charge in [0.05, 0.1) is 30.5 Å². The van der Waals surface area contributed by atoms with E-state index in [4.69, 9.17) is 9.47 Å². The average Bonchev–Trinajstić information content (AvgIpc) is 2.71. The van der Waals surface area contributed by atoms with E-state index in [1.54, 1.807) is 31.2 Å². The van der Waals surface area contributed by atoms with Gasteiger partial charge in [0.1, 0.15) is 12.4 Å². The summed E-state index contributed by atoms with van der Waals surface area (Å²) in [6.07, 6.45) is 0.740. The Morgan fingerprint density at radius 3 is 2.52 bits per heavy atom. The van der Waals surface area contributed by atoms with Crippen molar-refractivity contribution in [3.8, 4) is 5.75 Å². The summed E-state index contributed by atoms with van der Waals surface area (Å²) in [4.78, 5) is 31.4. The third-order valence-electron chi connectivity index (χ3n) is 5.52. The molecule has 1 aliphatic heterocycles. The number of methoxy groups -OCH3 is 1. The number of anilines is 1. The maximum atomic E-state index is 13.3. The Morgan fingerprint density at radius 2 is 1.94 bits per heavy atom. The fourth-order valence-electron chi connectivity index (χ4n) is 3.76. The zero-order valence-electron chi connectivity index (χ0n) is 20.5. The molecule has 0 spiro atoms. The van der Waals surface area contributed by atoms with Crippen LogP contribution in [0.4, 0.5) is 5.69 Å². The molecule has 0 bridgehead atoms. The summed E-state index contributed by atoms with van der Waals surface area (Å²) < 4.78 is 37.4. The molecule has 0 aromatic heterocycles. The third-order valence-corrected chi connectivity index (χ3v) is 6.13. The van der Waals surface area contributed by atoms with Crippen LogP contribution in [-0.2, 0) is 19.6 Å². The molecule has 1 aromatic carbocycles. The topological polar surface area (TPSA) is 108 Å². The lowest BCUT2D eigenvalue weighted by Crippen LogP contribution is -2.50. The van der Waals surface area contributed by atoms with Crippen LogP contribution < -0.4 is 9.46 Å². The van der Waals surface area contributed by atoms with Gasteiger partial charge in [0, 0.05) is 38.9 Å². The van der Waals surface area contributed by atoms with Crippen molar-refractivity contribution in [1.29, 1.82) is 0 Å². The molecule has 33 heavy (non-hydrogen) atoms. The second-order valence-electron chi connectivity index (χ2n) is 8.97. The normalized spacial score (nSPS) is 22.8. The first-order chi connectivity index (χ1) is 15.3. The number of carbonyl (C=O) groups excluding carboxylic acids is 2. The zero-order chi connectivity index (χ0) is 24.9. The van der Waals surface area contributed by atoms with Crippen LogP contribution in [0.15, 0.2) is 18.2 Å². The summed E-state index contributed by atoms with van der Waals surface area (Å²) in [7, 11) is 3.42. The molecule has 2 rings (SSSR count). The number of fused-ring (bicyclic) bond motifs is 1. The number of likely N-dealkylation sites (N-methyl/N-ethyl adjacent to an activating group) is 2. The Balaban J connectivity index is 2.47. The first-order valence-corrected chi connectivity index (χ1v) is 12.7. The molecule has 0 radical (unpaired) electrons. The molecule has 11 heteroatoms. The molecule has 10 nitrogen and oxygen atoms in total. The van der Waals surface area contributed by atoms with Gasteiger partial charge in [0.25, 0.3) is 5.91 Å². The van der Waals surface area contributed by atoms with Crippen molar-refractivity contribution in [3.05, 3.63) is 23.8 Å². The fourth-order valence-corrected chi connectivity index (χ4v) is 4.32. The van der Waals surface area contributed by atoms with E-state index in [9.17, 15) is 18.0 Å². The lowest BCUT2D eigenvalue weighted by Gasteiger charge is -2.36. The molecular weight excluding hydrogens is 448 g/mol. The first kappa shape index (κ1) is 26.9. The van der Waals surface area contributed by atoms with Crippen molar-refractivity contribution in [2.24, 2.45) is 5.92 Å². The van der Waals surface area contributed by atoms with Crippen molar-refractivity contribution in [2.75, 3.05) is 65.5 Å². The number of benzene rings is 1. The molecule has 2 amide bonds. The average molecular weight is 485 g/mol.